The largest absolute Gasteiger partial charge is 0.424 e. The topological polar surface area (TPSA) is 98.6 Å². The predicted molar refractivity (Wildman–Crippen MR) is 120 cm³/mol. The van der Waals surface area contributed by atoms with E-state index >= 15 is 0 Å². The number of anilines is 1. The Kier molecular flexibility index (Phi) is 7.90. The monoisotopic (exact) mass is 408 g/mol. The van der Waals surface area contributed by atoms with Crippen molar-refractivity contribution in [1.29, 1.82) is 0 Å². The van der Waals surface area contributed by atoms with Gasteiger partial charge in [0.05, 0.1) is 19.5 Å². The number of esters is 1. The predicted octanol–water partition coefficient (Wildman–Crippen LogP) is 4.55. The number of nitrogen functional groups attached to an aromatic ring is 1. The van der Waals surface area contributed by atoms with Gasteiger partial charge in [-0.25, -0.2) is 0 Å². The number of carbonyl (C=O) groups excluding carboxylic acids is 1. The molecule has 0 amide bonds. The summed E-state index contributed by atoms with van der Waals surface area (Å²) in [6.07, 6.45) is 1.69. The lowest BCUT2D eigenvalue weighted by Crippen LogP contribution is -2.55. The molecule has 0 aliphatic rings. The highest BCUT2D eigenvalue weighted by Gasteiger charge is 2.47. The number of aliphatic hydroxyl groups excluding tert-OH is 1. The smallest absolute Gasteiger partial charge is 0.311 e. The number of benzene rings is 1. The minimum absolute atomic E-state index is 0.101. The van der Waals surface area contributed by atoms with Crippen LogP contribution in [0.4, 0.5) is 5.69 Å². The maximum atomic E-state index is 12.4. The Morgan fingerprint density at radius 1 is 1.21 bits per heavy atom. The van der Waals surface area contributed by atoms with E-state index in [9.17, 15) is 9.90 Å². The molecule has 0 aliphatic heterocycles. The molecule has 5 N–H and O–H groups in total. The van der Waals surface area contributed by atoms with Gasteiger partial charge >= 0.3 is 5.97 Å². The Labute approximate surface area is 171 Å². The Balaban J connectivity index is 2.74. The molecule has 0 spiro atoms. The second-order valence-corrected chi connectivity index (χ2v) is 15.7. The third-order valence-electron chi connectivity index (χ3n) is 6.50. The molecule has 0 saturated heterocycles. The van der Waals surface area contributed by atoms with Crippen molar-refractivity contribution in [1.82, 2.24) is 0 Å². The fourth-order valence-electron chi connectivity index (χ4n) is 3.50. The number of carbonyl (C=O) groups is 1. The summed E-state index contributed by atoms with van der Waals surface area (Å²) in [4.78, 5) is 12.4. The lowest BCUT2D eigenvalue weighted by Gasteiger charge is -2.47. The van der Waals surface area contributed by atoms with E-state index in [4.69, 9.17) is 16.2 Å². The van der Waals surface area contributed by atoms with Gasteiger partial charge in [0, 0.05) is 18.5 Å². The van der Waals surface area contributed by atoms with Crippen LogP contribution in [0.1, 0.15) is 65.0 Å². The van der Waals surface area contributed by atoms with Gasteiger partial charge in [-0.2, -0.15) is 0 Å². The van der Waals surface area contributed by atoms with Crippen molar-refractivity contribution in [2.45, 2.75) is 91.2 Å². The van der Waals surface area contributed by atoms with Crippen LogP contribution in [-0.4, -0.2) is 24.9 Å². The zero-order chi connectivity index (χ0) is 21.9. The number of aryl methyl sites for hydroxylation is 1. The van der Waals surface area contributed by atoms with E-state index in [0.717, 1.165) is 17.5 Å². The first-order chi connectivity index (χ1) is 12.6. The van der Waals surface area contributed by atoms with E-state index in [1.165, 1.54) is 0 Å². The molecular formula is C22H40N2O3Si. The van der Waals surface area contributed by atoms with Gasteiger partial charge in [0.2, 0.25) is 0 Å². The summed E-state index contributed by atoms with van der Waals surface area (Å²) in [6, 6.07) is 3.61. The zero-order valence-electron chi connectivity index (χ0n) is 19.0. The van der Waals surface area contributed by atoms with Gasteiger partial charge in [-0.05, 0) is 41.8 Å². The van der Waals surface area contributed by atoms with E-state index in [0.29, 0.717) is 17.9 Å². The minimum atomic E-state index is -1.90. The molecule has 0 bridgehead atoms. The second kappa shape index (κ2) is 8.97. The quantitative estimate of drug-likeness (QED) is 0.254. The van der Waals surface area contributed by atoms with Crippen LogP contribution in [0.15, 0.2) is 12.1 Å². The summed E-state index contributed by atoms with van der Waals surface area (Å²) in [7, 11) is -1.90. The van der Waals surface area contributed by atoms with E-state index in [2.05, 4.69) is 47.7 Å². The molecule has 28 heavy (non-hydrogen) atoms. The van der Waals surface area contributed by atoms with Crippen LogP contribution in [0, 0.1) is 12.3 Å². The van der Waals surface area contributed by atoms with Crippen LogP contribution in [0.5, 0.6) is 5.75 Å². The van der Waals surface area contributed by atoms with Crippen molar-refractivity contribution in [3.63, 3.8) is 0 Å². The lowest BCUT2D eigenvalue weighted by atomic mass is 9.88. The van der Waals surface area contributed by atoms with Crippen molar-refractivity contribution in [3.8, 4) is 5.75 Å². The summed E-state index contributed by atoms with van der Waals surface area (Å²) in [5.74, 6) is 0.0673. The minimum Gasteiger partial charge on any atom is -0.424 e. The Morgan fingerprint density at radius 3 is 2.29 bits per heavy atom. The number of aliphatic hydroxyl groups is 1. The summed E-state index contributed by atoms with van der Waals surface area (Å²) in [5.41, 5.74) is 13.3. The Morgan fingerprint density at radius 2 is 1.79 bits per heavy atom. The van der Waals surface area contributed by atoms with E-state index in [1.807, 2.05) is 13.0 Å². The van der Waals surface area contributed by atoms with Gasteiger partial charge < -0.3 is 21.3 Å². The fourth-order valence-corrected chi connectivity index (χ4v) is 6.41. The normalized spacial score (nSPS) is 14.1. The average molecular weight is 409 g/mol. The van der Waals surface area contributed by atoms with Crippen LogP contribution in [0.25, 0.3) is 0 Å². The lowest BCUT2D eigenvalue weighted by molar-refractivity contribution is -0.134. The highest BCUT2D eigenvalue weighted by molar-refractivity contribution is 6.81. The van der Waals surface area contributed by atoms with Crippen LogP contribution < -0.4 is 16.2 Å². The first-order valence-electron chi connectivity index (χ1n) is 10.1. The molecule has 0 radical (unpaired) electrons. The molecule has 1 unspecified atom stereocenters. The molecule has 6 heteroatoms. The SMILES string of the molecule is Cc1ccc(N)c(OC(=O)CCCC(C)(C)C(O)[Si](C)(C)C(C)(C)C)c1CN. The zero-order valence-corrected chi connectivity index (χ0v) is 20.0. The number of nitrogens with two attached hydrogens (primary N) is 2. The van der Waals surface area contributed by atoms with Crippen molar-refractivity contribution in [2.75, 3.05) is 5.73 Å². The van der Waals surface area contributed by atoms with E-state index in [1.54, 1.807) is 6.07 Å². The van der Waals surface area contributed by atoms with Gasteiger partial charge in [0.25, 0.3) is 0 Å². The molecule has 0 aliphatic carbocycles. The standard InChI is InChI=1S/C22H40N2O3Si/c1-15-11-12-17(24)19(16(15)14-23)27-18(25)10-9-13-22(5,6)20(26)28(7,8)21(2,3)4/h11-12,20,26H,9-10,13-14,23-24H2,1-8H3. The molecule has 5 nitrogen and oxygen atoms in total. The summed E-state index contributed by atoms with van der Waals surface area (Å²) in [5, 5.41) is 11.2. The first-order valence-corrected chi connectivity index (χ1v) is 13.2. The highest BCUT2D eigenvalue weighted by Crippen LogP contribution is 2.44. The molecule has 0 saturated carbocycles. The van der Waals surface area contributed by atoms with Gasteiger partial charge in [-0.15, -0.1) is 0 Å². The summed E-state index contributed by atoms with van der Waals surface area (Å²) >= 11 is 0. The van der Waals surface area contributed by atoms with Crippen molar-refractivity contribution < 1.29 is 14.6 Å². The molecule has 1 rings (SSSR count). The van der Waals surface area contributed by atoms with Gasteiger partial charge in [0.1, 0.15) is 0 Å². The molecule has 1 aromatic carbocycles. The van der Waals surface area contributed by atoms with Crippen LogP contribution in [-0.2, 0) is 11.3 Å². The fraction of sp³-hybridized carbons (Fsp3) is 0.682. The summed E-state index contributed by atoms with van der Waals surface area (Å²) < 4.78 is 5.55. The van der Waals surface area contributed by atoms with Crippen molar-refractivity contribution in [3.05, 3.63) is 23.3 Å². The molecular weight excluding hydrogens is 368 g/mol. The van der Waals surface area contributed by atoms with Crippen LogP contribution in [0.3, 0.4) is 0 Å². The van der Waals surface area contributed by atoms with Crippen molar-refractivity contribution >= 4 is 19.7 Å². The third-order valence-corrected chi connectivity index (χ3v) is 12.5. The molecule has 0 fully saturated rings. The maximum absolute atomic E-state index is 12.4. The molecule has 0 aromatic heterocycles. The first kappa shape index (κ1) is 24.7. The average Bonchev–Trinajstić information content (AvgIpc) is 2.56. The van der Waals surface area contributed by atoms with Gasteiger partial charge in [0.15, 0.2) is 5.75 Å². The highest BCUT2D eigenvalue weighted by atomic mass is 28.3. The second-order valence-electron chi connectivity index (χ2n) is 10.2. The number of ether oxygens (including phenoxy) is 1. The summed E-state index contributed by atoms with van der Waals surface area (Å²) in [6.45, 7) is 17.5. The van der Waals surface area contributed by atoms with Crippen molar-refractivity contribution in [2.24, 2.45) is 11.1 Å². The molecule has 1 atom stereocenters. The van der Waals surface area contributed by atoms with E-state index < -0.39 is 8.07 Å². The Hall–Kier alpha value is -1.37. The maximum Gasteiger partial charge on any atom is 0.311 e. The van der Waals surface area contributed by atoms with Crippen LogP contribution in [0.2, 0.25) is 18.1 Å². The number of rotatable bonds is 8. The van der Waals surface area contributed by atoms with Gasteiger partial charge in [-0.3, -0.25) is 4.79 Å². The molecule has 160 valence electrons. The van der Waals surface area contributed by atoms with Crippen LogP contribution >= 0.6 is 0 Å². The number of hydrogen-bond donors (Lipinski definition) is 3. The van der Waals surface area contributed by atoms with E-state index in [-0.39, 0.29) is 35.1 Å². The van der Waals surface area contributed by atoms with Gasteiger partial charge in [-0.1, -0.05) is 53.8 Å². The number of hydrogen-bond acceptors (Lipinski definition) is 5. The molecule has 0 heterocycles. The third kappa shape index (κ3) is 5.58. The molecule has 1 aromatic rings. The Bertz CT molecular complexity index is 694.